The van der Waals surface area contributed by atoms with Crippen LogP contribution in [0.1, 0.15) is 40.5 Å². The molecule has 0 saturated carbocycles. The second kappa shape index (κ2) is 11.2. The number of aromatic nitrogens is 4. The molecule has 8 nitrogen and oxygen atoms in total. The van der Waals surface area contributed by atoms with Crippen molar-refractivity contribution in [3.8, 4) is 0 Å². The number of nitrogens with one attached hydrogen (secondary N) is 1. The van der Waals surface area contributed by atoms with Gasteiger partial charge in [0.25, 0.3) is 0 Å². The van der Waals surface area contributed by atoms with Crippen LogP contribution in [0.15, 0.2) is 33.8 Å². The molecule has 0 aromatic carbocycles. The fourth-order valence-corrected chi connectivity index (χ4v) is 2.82. The highest BCUT2D eigenvalue weighted by Gasteiger charge is 2.14. The first kappa shape index (κ1) is 22.5. The van der Waals surface area contributed by atoms with Gasteiger partial charge in [0.15, 0.2) is 16.6 Å². The number of aliphatic carboxylic acids is 1. The first-order chi connectivity index (χ1) is 12.8. The maximum atomic E-state index is 12.0. The fourth-order valence-electron chi connectivity index (χ4n) is 2.05. The first-order valence-corrected chi connectivity index (χ1v) is 9.66. The molecule has 0 fully saturated rings. The number of allylic oxidation sites excluding steroid dienone is 4. The minimum atomic E-state index is -0.885. The molecule has 0 amide bonds. The van der Waals surface area contributed by atoms with Gasteiger partial charge in [0, 0.05) is 12.3 Å². The molecule has 0 spiro atoms. The zero-order chi connectivity index (χ0) is 20.4. The van der Waals surface area contributed by atoms with E-state index in [9.17, 15) is 9.59 Å². The van der Waals surface area contributed by atoms with E-state index >= 15 is 0 Å². The lowest BCUT2D eigenvalue weighted by molar-refractivity contribution is -0.136. The van der Waals surface area contributed by atoms with Gasteiger partial charge in [-0.25, -0.2) is 14.8 Å². The molecule has 0 radical (unpaired) electrons. The van der Waals surface area contributed by atoms with Crippen LogP contribution >= 0.6 is 11.8 Å². The molecule has 2 aromatic rings. The number of nitrogens with two attached hydrogens (primary N) is 1. The monoisotopic (exact) mass is 393 g/mol. The average Bonchev–Trinajstić information content (AvgIpc) is 2.92. The Morgan fingerprint density at radius 2 is 2.07 bits per heavy atom. The van der Waals surface area contributed by atoms with Crippen molar-refractivity contribution in [3.05, 3.63) is 34.3 Å². The third-order valence-corrected chi connectivity index (χ3v) is 4.40. The number of carbonyl (C=O) groups is 1. The summed E-state index contributed by atoms with van der Waals surface area (Å²) in [6.07, 6.45) is 7.26. The number of nitrogens with zero attached hydrogens (tertiary/aromatic N) is 3. The van der Waals surface area contributed by atoms with Crippen LogP contribution in [-0.2, 0) is 11.3 Å². The third kappa shape index (κ3) is 6.93. The van der Waals surface area contributed by atoms with E-state index in [1.54, 1.807) is 0 Å². The topological polar surface area (TPSA) is 127 Å². The molecule has 148 valence electrons. The molecule has 27 heavy (non-hydrogen) atoms. The number of imidazole rings is 1. The third-order valence-electron chi connectivity index (χ3n) is 3.55. The summed E-state index contributed by atoms with van der Waals surface area (Å²) in [6, 6.07) is 0. The van der Waals surface area contributed by atoms with Crippen LogP contribution in [0.5, 0.6) is 0 Å². The van der Waals surface area contributed by atoms with E-state index in [4.69, 9.17) is 10.8 Å². The Hall–Kier alpha value is -2.55. The Balaban J connectivity index is 0.000000646. The van der Waals surface area contributed by atoms with Crippen LogP contribution in [0.3, 0.4) is 0 Å². The van der Waals surface area contributed by atoms with Gasteiger partial charge >= 0.3 is 11.7 Å². The van der Waals surface area contributed by atoms with Crippen molar-refractivity contribution in [1.82, 2.24) is 19.5 Å². The summed E-state index contributed by atoms with van der Waals surface area (Å²) in [4.78, 5) is 33.6. The van der Waals surface area contributed by atoms with Gasteiger partial charge < -0.3 is 15.8 Å². The quantitative estimate of drug-likeness (QED) is 0.374. The number of anilines is 1. The minimum Gasteiger partial charge on any atom is -0.481 e. The van der Waals surface area contributed by atoms with E-state index in [2.05, 4.69) is 34.0 Å². The molecule has 9 heteroatoms. The molecule has 2 rings (SSSR count). The van der Waals surface area contributed by atoms with Gasteiger partial charge in [-0.05, 0) is 27.2 Å². The summed E-state index contributed by atoms with van der Waals surface area (Å²) in [5, 5.41) is 9.01. The molecule has 0 aliphatic rings. The highest BCUT2D eigenvalue weighted by molar-refractivity contribution is 7.99. The summed E-state index contributed by atoms with van der Waals surface area (Å²) in [5.74, 6) is -0.372. The summed E-state index contributed by atoms with van der Waals surface area (Å²) < 4.78 is 1.49. The maximum absolute atomic E-state index is 12.0. The number of H-pyrrole nitrogens is 1. The second-order valence-corrected chi connectivity index (χ2v) is 6.77. The number of carboxylic acid groups (broad SMARTS) is 1. The number of aromatic amines is 1. The van der Waals surface area contributed by atoms with Crippen LogP contribution in [0.2, 0.25) is 0 Å². The van der Waals surface area contributed by atoms with Crippen molar-refractivity contribution < 1.29 is 9.90 Å². The van der Waals surface area contributed by atoms with Crippen molar-refractivity contribution >= 4 is 34.7 Å². The summed E-state index contributed by atoms with van der Waals surface area (Å²) in [6.45, 7) is 8.37. The lowest BCUT2D eigenvalue weighted by atomic mass is 10.3. The van der Waals surface area contributed by atoms with Gasteiger partial charge in [-0.3, -0.25) is 9.36 Å². The van der Waals surface area contributed by atoms with Gasteiger partial charge in [-0.1, -0.05) is 42.5 Å². The highest BCUT2D eigenvalue weighted by atomic mass is 32.2. The smallest absolute Gasteiger partial charge is 0.328 e. The van der Waals surface area contributed by atoms with Crippen molar-refractivity contribution in [2.24, 2.45) is 0 Å². The van der Waals surface area contributed by atoms with Crippen LogP contribution in [0, 0.1) is 0 Å². The van der Waals surface area contributed by atoms with Crippen LogP contribution < -0.4 is 11.4 Å². The van der Waals surface area contributed by atoms with E-state index in [0.29, 0.717) is 28.6 Å². The summed E-state index contributed by atoms with van der Waals surface area (Å²) in [5.41, 5.74) is 7.40. The highest BCUT2D eigenvalue weighted by Crippen LogP contribution is 2.21. The van der Waals surface area contributed by atoms with Gasteiger partial charge in [0.1, 0.15) is 5.52 Å². The minimum absolute atomic E-state index is 0.00356. The molecule has 0 aliphatic carbocycles. The van der Waals surface area contributed by atoms with Gasteiger partial charge in [0.05, 0.1) is 6.42 Å². The predicted molar refractivity (Wildman–Crippen MR) is 110 cm³/mol. The standard InChI is InChI=1S/C13H17N5O3S.C5H10/c1-3-7(2)6-18-11-9(15-13(18)21)10(14)16-12(17-11)22-5-4-8(19)20;1-3-5-4-2/h3H,4-6H2,1-2H3,(H,15,21)(H,19,20)(H2,14,16,17);3,5H,4H2,1-2H3/b7-3+;5-3-. The molecule has 0 saturated heterocycles. The fraction of sp³-hybridized carbons (Fsp3) is 0.444. The van der Waals surface area contributed by atoms with E-state index in [1.807, 2.05) is 26.8 Å². The largest absolute Gasteiger partial charge is 0.481 e. The number of rotatable bonds is 7. The molecule has 2 aromatic heterocycles. The zero-order valence-electron chi connectivity index (χ0n) is 16.2. The Morgan fingerprint density at radius 1 is 1.37 bits per heavy atom. The Labute approximate surface area is 162 Å². The van der Waals surface area contributed by atoms with E-state index in [1.165, 1.54) is 16.3 Å². The Bertz CT molecular complexity index is 883. The lowest BCUT2D eigenvalue weighted by Gasteiger charge is -2.05. The van der Waals surface area contributed by atoms with Crippen molar-refractivity contribution in [1.29, 1.82) is 0 Å². The molecule has 0 bridgehead atoms. The SMILES string of the molecule is C/C=C(\C)Cn1c(=O)[nH]c2c(N)nc(SCCC(=O)O)nc21.C/C=C\CC. The summed E-state index contributed by atoms with van der Waals surface area (Å²) >= 11 is 1.19. The molecule has 4 N–H and O–H groups in total. The zero-order valence-corrected chi connectivity index (χ0v) is 17.0. The average molecular weight is 394 g/mol. The number of thioether (sulfide) groups is 1. The summed E-state index contributed by atoms with van der Waals surface area (Å²) in [7, 11) is 0. The van der Waals surface area contributed by atoms with E-state index < -0.39 is 5.97 Å². The molecule has 0 atom stereocenters. The molecule has 0 aliphatic heterocycles. The maximum Gasteiger partial charge on any atom is 0.328 e. The Kier molecular flexibility index (Phi) is 9.35. The van der Waals surface area contributed by atoms with E-state index in [0.717, 1.165) is 12.0 Å². The van der Waals surface area contributed by atoms with Crippen molar-refractivity contribution in [2.75, 3.05) is 11.5 Å². The van der Waals surface area contributed by atoms with Crippen molar-refractivity contribution in [3.63, 3.8) is 0 Å². The Morgan fingerprint density at radius 3 is 2.59 bits per heavy atom. The number of hydrogen-bond donors (Lipinski definition) is 3. The van der Waals surface area contributed by atoms with E-state index in [-0.39, 0.29) is 17.9 Å². The van der Waals surface area contributed by atoms with Gasteiger partial charge in [0.2, 0.25) is 0 Å². The molecular weight excluding hydrogens is 366 g/mol. The van der Waals surface area contributed by atoms with Crippen LogP contribution in [-0.4, -0.2) is 36.3 Å². The molecular formula is C18H27N5O3S. The normalized spacial score (nSPS) is 11.6. The number of fused-ring (bicyclic) bond motifs is 1. The number of carboxylic acids is 1. The van der Waals surface area contributed by atoms with Gasteiger partial charge in [-0.15, -0.1) is 0 Å². The molecule has 2 heterocycles. The number of nitrogen functional groups attached to an aromatic ring is 1. The van der Waals surface area contributed by atoms with Crippen LogP contribution in [0.25, 0.3) is 11.2 Å². The van der Waals surface area contributed by atoms with Gasteiger partial charge in [-0.2, -0.15) is 0 Å². The van der Waals surface area contributed by atoms with Crippen molar-refractivity contribution in [2.45, 2.75) is 52.2 Å². The second-order valence-electron chi connectivity index (χ2n) is 5.71. The molecule has 0 unspecified atom stereocenters. The first-order valence-electron chi connectivity index (χ1n) is 8.67. The number of hydrogen-bond acceptors (Lipinski definition) is 6. The predicted octanol–water partition coefficient (Wildman–Crippen LogP) is 3.21. The van der Waals surface area contributed by atoms with Crippen LogP contribution in [0.4, 0.5) is 5.82 Å². The lowest BCUT2D eigenvalue weighted by Crippen LogP contribution is -2.17.